The lowest BCUT2D eigenvalue weighted by Gasteiger charge is -2.16. The molecule has 0 fully saturated rings. The number of carbonyl (C=O) groups excluding carboxylic acids is 3. The normalized spacial score (nSPS) is 13.5. The summed E-state index contributed by atoms with van der Waals surface area (Å²) in [6.07, 6.45) is 2.27. The minimum absolute atomic E-state index is 0.000978. The van der Waals surface area contributed by atoms with Crippen LogP contribution in [0.1, 0.15) is 63.4 Å². The lowest BCUT2D eigenvalue weighted by atomic mass is 9.95. The molecule has 10 nitrogen and oxygen atoms in total. The highest BCUT2D eigenvalue weighted by Crippen LogP contribution is 2.38. The summed E-state index contributed by atoms with van der Waals surface area (Å²) in [6.45, 7) is 4.96. The topological polar surface area (TPSA) is 137 Å². The Morgan fingerprint density at radius 1 is 1.02 bits per heavy atom. The molecule has 0 saturated carbocycles. The average Bonchev–Trinajstić information content (AvgIpc) is 3.31. The molecule has 2 N–H and O–H groups in total. The Morgan fingerprint density at radius 3 is 2.41 bits per heavy atom. The number of methoxy groups -OCH3 is 1. The summed E-state index contributed by atoms with van der Waals surface area (Å²) < 4.78 is 44.2. The first-order valence-corrected chi connectivity index (χ1v) is 15.4. The Labute approximate surface area is 243 Å². The first-order valence-electron chi connectivity index (χ1n) is 13.1. The van der Waals surface area contributed by atoms with Crippen LogP contribution in [0.4, 0.5) is 10.7 Å². The summed E-state index contributed by atoms with van der Waals surface area (Å²) in [4.78, 5) is 39.7. The smallest absolute Gasteiger partial charge is 0.341 e. The van der Waals surface area contributed by atoms with Crippen molar-refractivity contribution in [2.75, 3.05) is 23.8 Å². The van der Waals surface area contributed by atoms with Crippen LogP contribution in [-0.4, -0.2) is 46.1 Å². The van der Waals surface area contributed by atoms with Gasteiger partial charge in [-0.1, -0.05) is 6.07 Å². The van der Waals surface area contributed by atoms with Crippen molar-refractivity contribution in [2.24, 2.45) is 0 Å². The molecule has 0 spiro atoms. The summed E-state index contributed by atoms with van der Waals surface area (Å²) in [7, 11) is -2.52. The van der Waals surface area contributed by atoms with Gasteiger partial charge >= 0.3 is 11.9 Å². The summed E-state index contributed by atoms with van der Waals surface area (Å²) in [5.41, 5.74) is 2.05. The van der Waals surface area contributed by atoms with Crippen LogP contribution in [0.15, 0.2) is 47.4 Å². The molecule has 1 unspecified atom stereocenters. The van der Waals surface area contributed by atoms with Crippen molar-refractivity contribution >= 4 is 49.9 Å². The summed E-state index contributed by atoms with van der Waals surface area (Å²) in [5, 5.41) is 3.11. The van der Waals surface area contributed by atoms with Crippen LogP contribution in [0.2, 0.25) is 0 Å². The van der Waals surface area contributed by atoms with Crippen LogP contribution in [0, 0.1) is 6.92 Å². The number of aryl methyl sites for hydroxylation is 2. The first-order chi connectivity index (χ1) is 19.5. The van der Waals surface area contributed by atoms with Gasteiger partial charge in [0.15, 0.2) is 6.10 Å². The minimum atomic E-state index is -4.03. The molecule has 218 valence electrons. The maximum Gasteiger partial charge on any atom is 0.341 e. The number of nitrogens with one attached hydrogen (secondary N) is 2. The van der Waals surface area contributed by atoms with Gasteiger partial charge in [0, 0.05) is 10.6 Å². The van der Waals surface area contributed by atoms with Crippen LogP contribution >= 0.6 is 11.3 Å². The highest BCUT2D eigenvalue weighted by molar-refractivity contribution is 7.92. The number of amides is 1. The first kappa shape index (κ1) is 30.1. The number of benzene rings is 2. The number of anilines is 2. The van der Waals surface area contributed by atoms with E-state index in [9.17, 15) is 22.8 Å². The largest absolute Gasteiger partial charge is 0.497 e. The van der Waals surface area contributed by atoms with Crippen molar-refractivity contribution in [3.63, 3.8) is 0 Å². The van der Waals surface area contributed by atoms with Gasteiger partial charge in [-0.2, -0.15) is 0 Å². The van der Waals surface area contributed by atoms with Crippen molar-refractivity contribution in [2.45, 2.75) is 57.5 Å². The van der Waals surface area contributed by atoms with Gasteiger partial charge in [-0.15, -0.1) is 11.3 Å². The Morgan fingerprint density at radius 2 is 1.73 bits per heavy atom. The third kappa shape index (κ3) is 6.88. The van der Waals surface area contributed by atoms with Crippen LogP contribution < -0.4 is 14.8 Å². The number of ether oxygens (including phenoxy) is 3. The van der Waals surface area contributed by atoms with Gasteiger partial charge in [-0.05, 0) is 94.0 Å². The third-order valence-electron chi connectivity index (χ3n) is 6.62. The van der Waals surface area contributed by atoms with Gasteiger partial charge in [0.2, 0.25) is 0 Å². The third-order valence-corrected chi connectivity index (χ3v) is 9.21. The van der Waals surface area contributed by atoms with E-state index in [1.165, 1.54) is 43.6 Å². The zero-order valence-corrected chi connectivity index (χ0v) is 24.9. The number of hydrogen-bond acceptors (Lipinski definition) is 9. The van der Waals surface area contributed by atoms with Gasteiger partial charge in [0.25, 0.3) is 15.9 Å². The molecule has 0 radical (unpaired) electrons. The van der Waals surface area contributed by atoms with E-state index in [-0.39, 0.29) is 17.1 Å². The van der Waals surface area contributed by atoms with Gasteiger partial charge < -0.3 is 19.5 Å². The predicted octanol–water partition coefficient (Wildman–Crippen LogP) is 5.11. The van der Waals surface area contributed by atoms with E-state index in [2.05, 4.69) is 10.0 Å². The van der Waals surface area contributed by atoms with Crippen molar-refractivity contribution in [3.8, 4) is 5.75 Å². The van der Waals surface area contributed by atoms with Crippen molar-refractivity contribution in [1.82, 2.24) is 0 Å². The molecule has 3 aromatic rings. The van der Waals surface area contributed by atoms with Crippen LogP contribution in [0.5, 0.6) is 5.75 Å². The second-order valence-electron chi connectivity index (χ2n) is 9.48. The van der Waals surface area contributed by atoms with Crippen LogP contribution in [-0.2, 0) is 37.1 Å². The van der Waals surface area contributed by atoms with E-state index in [4.69, 9.17) is 14.2 Å². The van der Waals surface area contributed by atoms with Crippen molar-refractivity contribution in [3.05, 3.63) is 69.6 Å². The maximum absolute atomic E-state index is 13.1. The molecule has 1 aliphatic carbocycles. The van der Waals surface area contributed by atoms with E-state index < -0.39 is 34.0 Å². The van der Waals surface area contributed by atoms with E-state index in [0.29, 0.717) is 27.6 Å². The molecule has 0 bridgehead atoms. The molecule has 12 heteroatoms. The number of hydrogen-bond donors (Lipinski definition) is 2. The Kier molecular flexibility index (Phi) is 9.34. The number of sulfonamides is 1. The molecule has 41 heavy (non-hydrogen) atoms. The van der Waals surface area contributed by atoms with Crippen molar-refractivity contribution < 1.29 is 37.0 Å². The van der Waals surface area contributed by atoms with E-state index >= 15 is 0 Å². The van der Waals surface area contributed by atoms with Crippen LogP contribution in [0.3, 0.4) is 0 Å². The average molecular weight is 601 g/mol. The summed E-state index contributed by atoms with van der Waals surface area (Å²) in [5.74, 6) is -1.40. The molecule has 0 aliphatic heterocycles. The minimum Gasteiger partial charge on any atom is -0.497 e. The number of fused-ring (bicyclic) bond motifs is 1. The number of esters is 2. The summed E-state index contributed by atoms with van der Waals surface area (Å²) in [6, 6.07) is 10.4. The van der Waals surface area contributed by atoms with Gasteiger partial charge in [0.05, 0.1) is 29.7 Å². The van der Waals surface area contributed by atoms with Gasteiger partial charge in [-0.25, -0.2) is 18.0 Å². The quantitative estimate of drug-likeness (QED) is 0.307. The lowest BCUT2D eigenvalue weighted by molar-refractivity contribution is -0.123. The van der Waals surface area contributed by atoms with Crippen molar-refractivity contribution in [1.29, 1.82) is 0 Å². The maximum atomic E-state index is 13.1. The zero-order valence-electron chi connectivity index (χ0n) is 23.2. The van der Waals surface area contributed by atoms with Gasteiger partial charge in [0.1, 0.15) is 10.8 Å². The van der Waals surface area contributed by atoms with E-state index in [1.54, 1.807) is 38.1 Å². The SMILES string of the molecule is CCOC(=O)c1c(NC(=O)C(C)OC(=O)c2cc(S(=O)(=O)Nc3ccc(OC)cc3)ccc2C)sc2c1CCCC2. The van der Waals surface area contributed by atoms with Crippen LogP contribution in [0.25, 0.3) is 0 Å². The fraction of sp³-hybridized carbons (Fsp3) is 0.345. The zero-order chi connectivity index (χ0) is 29.7. The molecule has 2 aromatic carbocycles. The molecule has 1 aliphatic rings. The molecule has 4 rings (SSSR count). The second kappa shape index (κ2) is 12.7. The van der Waals surface area contributed by atoms with Gasteiger partial charge in [-0.3, -0.25) is 9.52 Å². The Hall–Kier alpha value is -3.90. The van der Waals surface area contributed by atoms with E-state index in [1.807, 2.05) is 0 Å². The molecular weight excluding hydrogens is 568 g/mol. The van der Waals surface area contributed by atoms with E-state index in [0.717, 1.165) is 36.1 Å². The molecule has 1 amide bonds. The highest BCUT2D eigenvalue weighted by Gasteiger charge is 2.29. The molecule has 1 heterocycles. The number of thiophene rings is 1. The number of rotatable bonds is 10. The molecule has 1 aromatic heterocycles. The second-order valence-corrected chi connectivity index (χ2v) is 12.3. The monoisotopic (exact) mass is 600 g/mol. The lowest BCUT2D eigenvalue weighted by Crippen LogP contribution is -2.30. The molecule has 1 atom stereocenters. The molecular formula is C29H32N2O8S2. The number of carbonyl (C=O) groups is 3. The fourth-order valence-electron chi connectivity index (χ4n) is 4.43. The molecule has 0 saturated heterocycles. The fourth-order valence-corrected chi connectivity index (χ4v) is 6.79. The highest BCUT2D eigenvalue weighted by atomic mass is 32.2. The Balaban J connectivity index is 1.49. The standard InChI is InChI=1S/C29H32N2O8S2/c1-5-38-29(34)25-22-8-6-7-9-24(22)40-27(25)30-26(32)18(3)39-28(33)23-16-21(15-10-17(23)2)41(35,36)31-19-11-13-20(37-4)14-12-19/h10-16,18,31H,5-9H2,1-4H3,(H,30,32). The Bertz CT molecular complexity index is 1560. The predicted molar refractivity (Wildman–Crippen MR) is 155 cm³/mol. The summed E-state index contributed by atoms with van der Waals surface area (Å²) >= 11 is 1.33.